The average Bonchev–Trinajstić information content (AvgIpc) is 3.28. The molecule has 2 saturated carbocycles. The normalized spacial score (nSPS) is 26.1. The van der Waals surface area contributed by atoms with Crippen LogP contribution in [0.25, 0.3) is 0 Å². The van der Waals surface area contributed by atoms with Gasteiger partial charge < -0.3 is 10.6 Å². The summed E-state index contributed by atoms with van der Waals surface area (Å²) in [5, 5.41) is 7.03. The number of nitrogens with one attached hydrogen (secondary N) is 2. The summed E-state index contributed by atoms with van der Waals surface area (Å²) in [6.07, 6.45) is 3.77. The topological polar surface area (TPSA) is 36.4 Å². The molecule has 2 unspecified atom stereocenters. The van der Waals surface area contributed by atoms with Crippen LogP contribution in [0, 0.1) is 0 Å². The second kappa shape index (κ2) is 5.53. The summed E-state index contributed by atoms with van der Waals surface area (Å²) in [7, 11) is 0. The first-order valence-electron chi connectivity index (χ1n) is 7.09. The van der Waals surface area contributed by atoms with Gasteiger partial charge in [0.1, 0.15) is 0 Å². The predicted octanol–water partition coefficient (Wildman–Crippen LogP) is 3.02. The lowest BCUT2D eigenvalue weighted by Crippen LogP contribution is -2.40. The molecule has 2 aliphatic carbocycles. The molecule has 2 N–H and O–H groups in total. The molecule has 0 amide bonds. The van der Waals surface area contributed by atoms with Crippen molar-refractivity contribution in [2.75, 3.05) is 6.54 Å². The lowest BCUT2D eigenvalue weighted by atomic mass is 10.1. The smallest absolute Gasteiger partial charge is 0.191 e. The van der Waals surface area contributed by atoms with Crippen LogP contribution in [0.4, 0.5) is 0 Å². The summed E-state index contributed by atoms with van der Waals surface area (Å²) in [5.41, 5.74) is 1.42. The van der Waals surface area contributed by atoms with Gasteiger partial charge in [-0.15, -0.1) is 0 Å². The third-order valence-corrected chi connectivity index (χ3v) is 4.17. The van der Waals surface area contributed by atoms with Gasteiger partial charge in [-0.05, 0) is 43.9 Å². The van der Waals surface area contributed by atoms with E-state index < -0.39 is 0 Å². The molecular formula is C15H20BrN3. The Bertz CT molecular complexity index is 465. The van der Waals surface area contributed by atoms with E-state index in [0.29, 0.717) is 18.0 Å². The van der Waals surface area contributed by atoms with Gasteiger partial charge in [0, 0.05) is 29.0 Å². The first-order chi connectivity index (χ1) is 9.26. The minimum Gasteiger partial charge on any atom is -0.354 e. The lowest BCUT2D eigenvalue weighted by Gasteiger charge is -2.11. The Morgan fingerprint density at radius 2 is 2.00 bits per heavy atom. The highest BCUT2D eigenvalue weighted by atomic mass is 79.9. The van der Waals surface area contributed by atoms with Crippen LogP contribution in [-0.2, 0) is 0 Å². The van der Waals surface area contributed by atoms with Gasteiger partial charge in [0.05, 0.1) is 0 Å². The fourth-order valence-electron chi connectivity index (χ4n) is 2.32. The molecule has 0 aromatic heterocycles. The van der Waals surface area contributed by atoms with Gasteiger partial charge in [-0.3, -0.25) is 4.99 Å². The van der Waals surface area contributed by atoms with Crippen molar-refractivity contribution < 1.29 is 0 Å². The fourth-order valence-corrected chi connectivity index (χ4v) is 2.58. The monoisotopic (exact) mass is 321 g/mol. The second-order valence-electron chi connectivity index (χ2n) is 5.39. The molecule has 2 aliphatic rings. The van der Waals surface area contributed by atoms with Crippen LogP contribution in [-0.4, -0.2) is 24.6 Å². The number of hydrogen-bond donors (Lipinski definition) is 2. The van der Waals surface area contributed by atoms with Crippen molar-refractivity contribution >= 4 is 21.9 Å². The van der Waals surface area contributed by atoms with Crippen LogP contribution in [0.2, 0.25) is 0 Å². The van der Waals surface area contributed by atoms with Gasteiger partial charge in [0.2, 0.25) is 0 Å². The minimum atomic E-state index is 0.540. The van der Waals surface area contributed by atoms with Crippen molar-refractivity contribution in [3.8, 4) is 0 Å². The van der Waals surface area contributed by atoms with Gasteiger partial charge in [0.25, 0.3) is 0 Å². The number of benzene rings is 1. The molecule has 1 aromatic rings. The van der Waals surface area contributed by atoms with Crippen molar-refractivity contribution in [3.63, 3.8) is 0 Å². The first-order valence-corrected chi connectivity index (χ1v) is 7.88. The standard InChI is InChI=1S/C15H20BrN3/c1-2-17-15(18-12-7-8-12)19-14-9-13(14)10-3-5-11(16)6-4-10/h3-6,12-14H,2,7-9H2,1H3,(H2,17,18,19). The van der Waals surface area contributed by atoms with E-state index in [0.717, 1.165) is 17.0 Å². The molecule has 3 rings (SSSR count). The molecule has 3 nitrogen and oxygen atoms in total. The molecule has 0 heterocycles. The van der Waals surface area contributed by atoms with E-state index in [1.807, 2.05) is 0 Å². The zero-order chi connectivity index (χ0) is 13.2. The van der Waals surface area contributed by atoms with Crippen molar-refractivity contribution in [2.45, 2.75) is 44.2 Å². The third kappa shape index (κ3) is 3.50. The van der Waals surface area contributed by atoms with Gasteiger partial charge in [-0.2, -0.15) is 0 Å². The SMILES string of the molecule is CCN=C(NC1CC1)NC1CC1c1ccc(Br)cc1. The molecule has 0 radical (unpaired) electrons. The number of halogens is 1. The number of hydrogen-bond acceptors (Lipinski definition) is 1. The number of guanidine groups is 1. The van der Waals surface area contributed by atoms with Crippen LogP contribution in [0.15, 0.2) is 33.7 Å². The van der Waals surface area contributed by atoms with Gasteiger partial charge >= 0.3 is 0 Å². The summed E-state index contributed by atoms with van der Waals surface area (Å²) >= 11 is 3.48. The van der Waals surface area contributed by atoms with Gasteiger partial charge in [-0.1, -0.05) is 28.1 Å². The largest absolute Gasteiger partial charge is 0.354 e. The van der Waals surface area contributed by atoms with E-state index >= 15 is 0 Å². The van der Waals surface area contributed by atoms with Crippen LogP contribution in [0.1, 0.15) is 37.7 Å². The Morgan fingerprint density at radius 3 is 2.63 bits per heavy atom. The van der Waals surface area contributed by atoms with Gasteiger partial charge in [0.15, 0.2) is 5.96 Å². The number of aliphatic imine (C=N–C) groups is 1. The molecule has 4 heteroatoms. The van der Waals surface area contributed by atoms with Crippen LogP contribution in [0.3, 0.4) is 0 Å². The lowest BCUT2D eigenvalue weighted by molar-refractivity contribution is 0.781. The van der Waals surface area contributed by atoms with E-state index in [1.54, 1.807) is 0 Å². The summed E-state index contributed by atoms with van der Waals surface area (Å²) in [4.78, 5) is 4.51. The summed E-state index contributed by atoms with van der Waals surface area (Å²) in [6.45, 7) is 2.91. The molecule has 0 saturated heterocycles. The first kappa shape index (κ1) is 13.0. The zero-order valence-corrected chi connectivity index (χ0v) is 12.8. The van der Waals surface area contributed by atoms with Gasteiger partial charge in [-0.25, -0.2) is 0 Å². The maximum Gasteiger partial charge on any atom is 0.191 e. The molecule has 0 bridgehead atoms. The van der Waals surface area contributed by atoms with Crippen molar-refractivity contribution in [2.24, 2.45) is 4.99 Å². The molecule has 0 aliphatic heterocycles. The highest BCUT2D eigenvalue weighted by Crippen LogP contribution is 2.41. The molecule has 2 atom stereocenters. The average molecular weight is 322 g/mol. The summed E-state index contributed by atoms with van der Waals surface area (Å²) in [6, 6.07) is 9.85. The predicted molar refractivity (Wildman–Crippen MR) is 82.6 cm³/mol. The Morgan fingerprint density at radius 1 is 1.26 bits per heavy atom. The Kier molecular flexibility index (Phi) is 3.78. The maximum atomic E-state index is 4.51. The zero-order valence-electron chi connectivity index (χ0n) is 11.2. The number of rotatable bonds is 4. The molecular weight excluding hydrogens is 302 g/mol. The Balaban J connectivity index is 1.56. The summed E-state index contributed by atoms with van der Waals surface area (Å²) < 4.78 is 1.14. The highest BCUT2D eigenvalue weighted by molar-refractivity contribution is 9.10. The molecule has 102 valence electrons. The van der Waals surface area contributed by atoms with E-state index in [4.69, 9.17) is 0 Å². The fraction of sp³-hybridized carbons (Fsp3) is 0.533. The third-order valence-electron chi connectivity index (χ3n) is 3.65. The van der Waals surface area contributed by atoms with E-state index in [2.05, 4.69) is 62.7 Å². The molecule has 19 heavy (non-hydrogen) atoms. The van der Waals surface area contributed by atoms with Crippen LogP contribution < -0.4 is 10.6 Å². The van der Waals surface area contributed by atoms with Crippen molar-refractivity contribution in [1.29, 1.82) is 0 Å². The molecule has 1 aromatic carbocycles. The summed E-state index contributed by atoms with van der Waals surface area (Å²) in [5.74, 6) is 1.63. The van der Waals surface area contributed by atoms with Crippen LogP contribution in [0.5, 0.6) is 0 Å². The Hall–Kier alpha value is -1.03. The Labute approximate surface area is 123 Å². The minimum absolute atomic E-state index is 0.540. The molecule has 2 fully saturated rings. The highest BCUT2D eigenvalue weighted by Gasteiger charge is 2.39. The van der Waals surface area contributed by atoms with E-state index in [9.17, 15) is 0 Å². The van der Waals surface area contributed by atoms with E-state index in [1.165, 1.54) is 24.8 Å². The van der Waals surface area contributed by atoms with Crippen molar-refractivity contribution in [1.82, 2.24) is 10.6 Å². The quantitative estimate of drug-likeness (QED) is 0.660. The van der Waals surface area contributed by atoms with Crippen molar-refractivity contribution in [3.05, 3.63) is 34.3 Å². The second-order valence-corrected chi connectivity index (χ2v) is 6.30. The van der Waals surface area contributed by atoms with Crippen LogP contribution >= 0.6 is 15.9 Å². The van der Waals surface area contributed by atoms with E-state index in [-0.39, 0.29) is 0 Å². The molecule has 0 spiro atoms. The number of nitrogens with zero attached hydrogens (tertiary/aromatic N) is 1. The maximum absolute atomic E-state index is 4.51.